The van der Waals surface area contributed by atoms with E-state index >= 15 is 0 Å². The van der Waals surface area contributed by atoms with Crippen LogP contribution < -0.4 is 0 Å². The van der Waals surface area contributed by atoms with Gasteiger partial charge in [0.25, 0.3) is 0 Å². The quantitative estimate of drug-likeness (QED) is 0.745. The lowest BCUT2D eigenvalue weighted by atomic mass is 10.1. The third kappa shape index (κ3) is 4.18. The molecule has 0 radical (unpaired) electrons. The average molecular weight is 331 g/mol. The summed E-state index contributed by atoms with van der Waals surface area (Å²) in [5, 5.41) is 2.82. The fraction of sp³-hybridized carbons (Fsp3) is 0.444. The molecule has 0 aliphatic heterocycles. The van der Waals surface area contributed by atoms with Crippen molar-refractivity contribution in [2.45, 2.75) is 44.8 Å². The van der Waals surface area contributed by atoms with Crippen LogP contribution in [-0.4, -0.2) is 23.7 Å². The normalized spacial score (nSPS) is 20.6. The zero-order valence-electron chi connectivity index (χ0n) is 13.2. The first-order chi connectivity index (χ1) is 11.3. The number of carbonyl (C=O) groups is 1. The minimum Gasteiger partial charge on any atom is -0.461 e. The molecule has 1 aromatic carbocycles. The van der Waals surface area contributed by atoms with E-state index in [9.17, 15) is 4.79 Å². The van der Waals surface area contributed by atoms with E-state index in [1.54, 1.807) is 23.6 Å². The van der Waals surface area contributed by atoms with Gasteiger partial charge in [-0.1, -0.05) is 30.3 Å². The van der Waals surface area contributed by atoms with Crippen molar-refractivity contribution < 1.29 is 14.3 Å². The number of carbonyl (C=O) groups excluding carboxylic acids is 1. The first-order valence-corrected chi connectivity index (χ1v) is 8.92. The predicted molar refractivity (Wildman–Crippen MR) is 89.7 cm³/mol. The lowest BCUT2D eigenvalue weighted by Crippen LogP contribution is -2.08. The Morgan fingerprint density at radius 1 is 1.30 bits per heavy atom. The number of rotatable bonds is 6. The second-order valence-electron chi connectivity index (χ2n) is 5.72. The Morgan fingerprint density at radius 3 is 2.91 bits per heavy atom. The minimum absolute atomic E-state index is 0.273. The zero-order chi connectivity index (χ0) is 16.1. The van der Waals surface area contributed by atoms with Crippen LogP contribution in [0.1, 0.15) is 53.2 Å². The van der Waals surface area contributed by atoms with E-state index < -0.39 is 0 Å². The van der Waals surface area contributed by atoms with Crippen molar-refractivity contribution in [3.63, 3.8) is 0 Å². The first-order valence-electron chi connectivity index (χ1n) is 8.04. The molecule has 0 amide bonds. The average Bonchev–Trinajstić information content (AvgIpc) is 3.23. The fourth-order valence-electron chi connectivity index (χ4n) is 2.88. The van der Waals surface area contributed by atoms with Crippen LogP contribution in [0.2, 0.25) is 0 Å². The molecule has 2 aromatic rings. The molecule has 0 bridgehead atoms. The predicted octanol–water partition coefficient (Wildman–Crippen LogP) is 4.17. The summed E-state index contributed by atoms with van der Waals surface area (Å²) in [6, 6.07) is 10.2. The molecule has 5 heteroatoms. The van der Waals surface area contributed by atoms with Gasteiger partial charge in [-0.3, -0.25) is 0 Å². The molecule has 4 nitrogen and oxygen atoms in total. The molecule has 1 aliphatic carbocycles. The van der Waals surface area contributed by atoms with Crippen LogP contribution in [0, 0.1) is 0 Å². The summed E-state index contributed by atoms with van der Waals surface area (Å²) in [5.41, 5.74) is 1.63. The molecule has 1 fully saturated rings. The van der Waals surface area contributed by atoms with Gasteiger partial charge in [-0.15, -0.1) is 11.3 Å². The molecular formula is C18H21NO3S. The van der Waals surface area contributed by atoms with Gasteiger partial charge in [-0.05, 0) is 31.7 Å². The van der Waals surface area contributed by atoms with Crippen LogP contribution in [0.3, 0.4) is 0 Å². The molecule has 1 heterocycles. The van der Waals surface area contributed by atoms with Crippen molar-refractivity contribution in [3.8, 4) is 0 Å². The second kappa shape index (κ2) is 7.70. The fourth-order valence-corrected chi connectivity index (χ4v) is 3.82. The Balaban J connectivity index is 1.52. The number of ether oxygens (including phenoxy) is 2. The number of benzene rings is 1. The number of thiazole rings is 1. The van der Waals surface area contributed by atoms with Gasteiger partial charge in [0.2, 0.25) is 0 Å². The lowest BCUT2D eigenvalue weighted by molar-refractivity contribution is 0.0447. The van der Waals surface area contributed by atoms with Gasteiger partial charge < -0.3 is 9.47 Å². The van der Waals surface area contributed by atoms with Crippen molar-refractivity contribution in [1.82, 2.24) is 4.98 Å². The molecule has 2 atom stereocenters. The van der Waals surface area contributed by atoms with Gasteiger partial charge in [-0.25, -0.2) is 9.78 Å². The maximum atomic E-state index is 11.7. The summed E-state index contributed by atoms with van der Waals surface area (Å²) in [4.78, 5) is 16.1. The van der Waals surface area contributed by atoms with Crippen molar-refractivity contribution in [2.24, 2.45) is 0 Å². The highest BCUT2D eigenvalue weighted by Gasteiger charge is 2.29. The highest BCUT2D eigenvalue weighted by Crippen LogP contribution is 2.37. The number of nitrogens with zero attached hydrogens (tertiary/aromatic N) is 1. The molecule has 1 aliphatic rings. The van der Waals surface area contributed by atoms with E-state index in [0.717, 1.165) is 24.3 Å². The summed E-state index contributed by atoms with van der Waals surface area (Å²) in [7, 11) is 0. The summed E-state index contributed by atoms with van der Waals surface area (Å²) < 4.78 is 11.0. The van der Waals surface area contributed by atoms with Crippen molar-refractivity contribution in [2.75, 3.05) is 6.61 Å². The summed E-state index contributed by atoms with van der Waals surface area (Å²) in [6.07, 6.45) is 3.36. The zero-order valence-corrected chi connectivity index (χ0v) is 14.1. The van der Waals surface area contributed by atoms with Crippen LogP contribution in [0.5, 0.6) is 0 Å². The van der Waals surface area contributed by atoms with E-state index in [1.165, 1.54) is 5.56 Å². The molecule has 122 valence electrons. The standard InChI is InChI=1S/C18H21NO3S/c1-2-21-18(20)16-12-23-17(19-16)14-8-9-15(10-14)22-11-13-6-4-3-5-7-13/h3-7,12,14-15H,2,8-11H2,1H3/t14-,15+/m0/s1. The molecular weight excluding hydrogens is 310 g/mol. The van der Waals surface area contributed by atoms with Crippen LogP contribution >= 0.6 is 11.3 Å². The molecule has 1 aromatic heterocycles. The molecule has 23 heavy (non-hydrogen) atoms. The van der Waals surface area contributed by atoms with Gasteiger partial charge >= 0.3 is 5.97 Å². The van der Waals surface area contributed by atoms with E-state index in [2.05, 4.69) is 17.1 Å². The van der Waals surface area contributed by atoms with E-state index in [-0.39, 0.29) is 12.1 Å². The third-order valence-electron chi connectivity index (χ3n) is 4.07. The molecule has 3 rings (SSSR count). The first kappa shape index (κ1) is 16.1. The van der Waals surface area contributed by atoms with E-state index in [4.69, 9.17) is 9.47 Å². The van der Waals surface area contributed by atoms with Crippen molar-refractivity contribution in [1.29, 1.82) is 0 Å². The van der Waals surface area contributed by atoms with Gasteiger partial charge in [0.1, 0.15) is 0 Å². The molecule has 0 saturated heterocycles. The van der Waals surface area contributed by atoms with Crippen LogP contribution in [-0.2, 0) is 16.1 Å². The summed E-state index contributed by atoms with van der Waals surface area (Å²) >= 11 is 1.55. The SMILES string of the molecule is CCOC(=O)c1csc([C@H]2CC[C@@H](OCc3ccccc3)C2)n1. The summed E-state index contributed by atoms with van der Waals surface area (Å²) in [5.74, 6) is 0.0637. The maximum Gasteiger partial charge on any atom is 0.357 e. The Kier molecular flexibility index (Phi) is 5.41. The third-order valence-corrected chi connectivity index (χ3v) is 5.08. The number of aromatic nitrogens is 1. The largest absolute Gasteiger partial charge is 0.461 e. The highest BCUT2D eigenvalue weighted by molar-refractivity contribution is 7.09. The highest BCUT2D eigenvalue weighted by atomic mass is 32.1. The topological polar surface area (TPSA) is 48.4 Å². The minimum atomic E-state index is -0.329. The summed E-state index contributed by atoms with van der Waals surface area (Å²) in [6.45, 7) is 2.84. The van der Waals surface area contributed by atoms with Crippen LogP contribution in [0.25, 0.3) is 0 Å². The number of esters is 1. The Labute approximate surface area is 140 Å². The Morgan fingerprint density at radius 2 is 2.13 bits per heavy atom. The second-order valence-corrected chi connectivity index (χ2v) is 6.61. The molecule has 0 spiro atoms. The monoisotopic (exact) mass is 331 g/mol. The van der Waals surface area contributed by atoms with E-state index in [1.807, 2.05) is 18.2 Å². The van der Waals surface area contributed by atoms with Crippen LogP contribution in [0.4, 0.5) is 0 Å². The maximum absolute atomic E-state index is 11.7. The number of hydrogen-bond donors (Lipinski definition) is 0. The number of hydrogen-bond acceptors (Lipinski definition) is 5. The van der Waals surface area contributed by atoms with E-state index in [0.29, 0.717) is 24.8 Å². The van der Waals surface area contributed by atoms with Crippen molar-refractivity contribution in [3.05, 3.63) is 52.0 Å². The van der Waals surface area contributed by atoms with Gasteiger partial charge in [0.15, 0.2) is 5.69 Å². The molecule has 0 unspecified atom stereocenters. The smallest absolute Gasteiger partial charge is 0.357 e. The van der Waals surface area contributed by atoms with Gasteiger partial charge in [0.05, 0.1) is 24.3 Å². The lowest BCUT2D eigenvalue weighted by Gasteiger charge is -2.11. The molecule has 1 saturated carbocycles. The van der Waals surface area contributed by atoms with Crippen molar-refractivity contribution >= 4 is 17.3 Å². The molecule has 0 N–H and O–H groups in total. The Hall–Kier alpha value is -1.72. The Bertz CT molecular complexity index is 641. The van der Waals surface area contributed by atoms with Gasteiger partial charge in [-0.2, -0.15) is 0 Å². The van der Waals surface area contributed by atoms with Crippen LogP contribution in [0.15, 0.2) is 35.7 Å². The van der Waals surface area contributed by atoms with Gasteiger partial charge in [0, 0.05) is 11.3 Å².